The van der Waals surface area contributed by atoms with E-state index in [4.69, 9.17) is 14.7 Å². The van der Waals surface area contributed by atoms with E-state index in [-0.39, 0.29) is 5.57 Å². The number of esters is 1. The van der Waals surface area contributed by atoms with Crippen molar-refractivity contribution in [2.24, 2.45) is 0 Å². The zero-order valence-corrected chi connectivity index (χ0v) is 11.1. The Labute approximate surface area is 112 Å². The second-order valence-corrected chi connectivity index (χ2v) is 3.47. The van der Waals surface area contributed by atoms with Gasteiger partial charge >= 0.3 is 5.97 Å². The Kier molecular flexibility index (Phi) is 5.42. The van der Waals surface area contributed by atoms with Crippen LogP contribution in [0.5, 0.6) is 11.5 Å². The first-order valence-corrected chi connectivity index (χ1v) is 5.67. The first kappa shape index (κ1) is 14.6. The van der Waals surface area contributed by atoms with Crippen LogP contribution in [0.1, 0.15) is 12.5 Å². The Morgan fingerprint density at radius 1 is 1.42 bits per heavy atom. The molecule has 0 amide bonds. The number of rotatable bonds is 5. The van der Waals surface area contributed by atoms with Crippen molar-refractivity contribution in [3.8, 4) is 17.6 Å². The van der Waals surface area contributed by atoms with Gasteiger partial charge in [0.2, 0.25) is 0 Å². The topological polar surface area (TPSA) is 68.5 Å². The Hall–Kier alpha value is -2.48. The first-order valence-electron chi connectivity index (χ1n) is 5.67. The fourth-order valence-corrected chi connectivity index (χ4v) is 1.51. The number of nitriles is 1. The van der Waals surface area contributed by atoms with Crippen molar-refractivity contribution < 1.29 is 19.0 Å². The minimum Gasteiger partial charge on any atom is -0.493 e. The molecule has 1 aromatic rings. The van der Waals surface area contributed by atoms with Crippen LogP contribution in [0, 0.1) is 11.3 Å². The molecule has 0 N–H and O–H groups in total. The predicted octanol–water partition coefficient (Wildman–Crippen LogP) is 2.17. The van der Waals surface area contributed by atoms with Gasteiger partial charge in [-0.25, -0.2) is 4.79 Å². The van der Waals surface area contributed by atoms with Crippen LogP contribution in [0.4, 0.5) is 0 Å². The molecule has 5 heteroatoms. The molecule has 0 unspecified atom stereocenters. The number of hydrogen-bond donors (Lipinski definition) is 0. The van der Waals surface area contributed by atoms with Crippen LogP contribution >= 0.6 is 0 Å². The van der Waals surface area contributed by atoms with E-state index >= 15 is 0 Å². The lowest BCUT2D eigenvalue weighted by molar-refractivity contribution is -0.135. The zero-order chi connectivity index (χ0) is 14.3. The molecule has 0 aromatic heterocycles. The Balaban J connectivity index is 3.30. The van der Waals surface area contributed by atoms with Crippen LogP contribution in [0.25, 0.3) is 6.08 Å². The fourth-order valence-electron chi connectivity index (χ4n) is 1.51. The number of carbonyl (C=O) groups excluding carboxylic acids is 1. The number of hydrogen-bond acceptors (Lipinski definition) is 5. The molecule has 0 aliphatic carbocycles. The molecule has 0 spiro atoms. The molecule has 0 aliphatic heterocycles. The molecule has 0 saturated heterocycles. The lowest BCUT2D eigenvalue weighted by atomic mass is 10.1. The molecule has 0 radical (unpaired) electrons. The van der Waals surface area contributed by atoms with Gasteiger partial charge in [-0.15, -0.1) is 0 Å². The number of methoxy groups -OCH3 is 2. The van der Waals surface area contributed by atoms with E-state index in [0.29, 0.717) is 23.7 Å². The summed E-state index contributed by atoms with van der Waals surface area (Å²) in [5.74, 6) is 0.342. The number of nitrogens with zero attached hydrogens (tertiary/aromatic N) is 1. The summed E-state index contributed by atoms with van der Waals surface area (Å²) in [6.45, 7) is 2.28. The third-order valence-electron chi connectivity index (χ3n) is 2.34. The summed E-state index contributed by atoms with van der Waals surface area (Å²) in [6, 6.07) is 7.02. The summed E-state index contributed by atoms with van der Waals surface area (Å²) in [6.07, 6.45) is 1.42. The smallest absolute Gasteiger partial charge is 0.348 e. The molecular weight excluding hydrogens is 246 g/mol. The van der Waals surface area contributed by atoms with Crippen LogP contribution in [0.15, 0.2) is 23.8 Å². The lowest BCUT2D eigenvalue weighted by Crippen LogP contribution is -2.03. The SMILES string of the molecule is CCOc1c(/C=C(/C#N)C(=O)OC)cccc1OC. The molecule has 100 valence electrons. The van der Waals surface area contributed by atoms with Gasteiger partial charge < -0.3 is 14.2 Å². The average molecular weight is 261 g/mol. The number of para-hydroxylation sites is 1. The molecule has 0 fully saturated rings. The summed E-state index contributed by atoms with van der Waals surface area (Å²) in [5.41, 5.74) is 0.486. The monoisotopic (exact) mass is 261 g/mol. The number of ether oxygens (including phenoxy) is 3. The van der Waals surface area contributed by atoms with Crippen molar-refractivity contribution in [2.45, 2.75) is 6.92 Å². The number of carbonyl (C=O) groups is 1. The summed E-state index contributed by atoms with van der Waals surface area (Å²) in [4.78, 5) is 11.4. The van der Waals surface area contributed by atoms with E-state index in [2.05, 4.69) is 4.74 Å². The van der Waals surface area contributed by atoms with E-state index in [9.17, 15) is 4.79 Å². The van der Waals surface area contributed by atoms with Gasteiger partial charge in [-0.2, -0.15) is 5.26 Å². The van der Waals surface area contributed by atoms with E-state index in [1.807, 2.05) is 6.92 Å². The quantitative estimate of drug-likeness (QED) is 0.461. The molecule has 19 heavy (non-hydrogen) atoms. The largest absolute Gasteiger partial charge is 0.493 e. The van der Waals surface area contributed by atoms with Gasteiger partial charge in [0.1, 0.15) is 11.6 Å². The van der Waals surface area contributed by atoms with Gasteiger partial charge in [-0.05, 0) is 19.1 Å². The van der Waals surface area contributed by atoms with Crippen molar-refractivity contribution >= 4 is 12.0 Å². The fraction of sp³-hybridized carbons (Fsp3) is 0.286. The molecule has 1 aromatic carbocycles. The van der Waals surface area contributed by atoms with Crippen molar-refractivity contribution in [3.63, 3.8) is 0 Å². The highest BCUT2D eigenvalue weighted by atomic mass is 16.5. The lowest BCUT2D eigenvalue weighted by Gasteiger charge is -2.12. The molecule has 1 rings (SSSR count). The van der Waals surface area contributed by atoms with Crippen LogP contribution < -0.4 is 9.47 Å². The zero-order valence-electron chi connectivity index (χ0n) is 11.1. The van der Waals surface area contributed by atoms with Crippen molar-refractivity contribution in [2.75, 3.05) is 20.8 Å². The second-order valence-electron chi connectivity index (χ2n) is 3.47. The summed E-state index contributed by atoms with van der Waals surface area (Å²) in [7, 11) is 2.75. The van der Waals surface area contributed by atoms with E-state index in [0.717, 1.165) is 0 Å². The molecule has 0 aliphatic rings. The second kappa shape index (κ2) is 7.07. The van der Waals surface area contributed by atoms with E-state index < -0.39 is 5.97 Å². The normalized spacial score (nSPS) is 10.5. The Morgan fingerprint density at radius 2 is 2.16 bits per heavy atom. The van der Waals surface area contributed by atoms with Gasteiger partial charge in [-0.3, -0.25) is 0 Å². The minimum absolute atomic E-state index is 0.100. The first-order chi connectivity index (χ1) is 9.17. The molecule has 0 bridgehead atoms. The van der Waals surface area contributed by atoms with Gasteiger partial charge in [0, 0.05) is 5.56 Å². The summed E-state index contributed by atoms with van der Waals surface area (Å²) >= 11 is 0. The molecule has 5 nitrogen and oxygen atoms in total. The predicted molar refractivity (Wildman–Crippen MR) is 69.8 cm³/mol. The van der Waals surface area contributed by atoms with Crippen LogP contribution in [0.3, 0.4) is 0 Å². The van der Waals surface area contributed by atoms with Crippen LogP contribution in [0.2, 0.25) is 0 Å². The third-order valence-corrected chi connectivity index (χ3v) is 2.34. The van der Waals surface area contributed by atoms with E-state index in [1.54, 1.807) is 24.3 Å². The highest BCUT2D eigenvalue weighted by molar-refractivity contribution is 5.98. The average Bonchev–Trinajstić information content (AvgIpc) is 2.45. The highest BCUT2D eigenvalue weighted by Crippen LogP contribution is 2.32. The maximum atomic E-state index is 11.4. The molecular formula is C14H15NO4. The third kappa shape index (κ3) is 3.49. The highest BCUT2D eigenvalue weighted by Gasteiger charge is 2.13. The van der Waals surface area contributed by atoms with E-state index in [1.165, 1.54) is 20.3 Å². The Morgan fingerprint density at radius 3 is 2.68 bits per heavy atom. The van der Waals surface area contributed by atoms with Gasteiger partial charge in [0.25, 0.3) is 0 Å². The maximum Gasteiger partial charge on any atom is 0.348 e. The van der Waals surface area contributed by atoms with Gasteiger partial charge in [0.15, 0.2) is 11.5 Å². The van der Waals surface area contributed by atoms with Crippen LogP contribution in [-0.4, -0.2) is 26.8 Å². The molecule has 0 heterocycles. The number of benzene rings is 1. The molecule has 0 saturated carbocycles. The van der Waals surface area contributed by atoms with Gasteiger partial charge in [0.05, 0.1) is 20.8 Å². The Bertz CT molecular complexity index is 529. The van der Waals surface area contributed by atoms with Crippen molar-refractivity contribution in [3.05, 3.63) is 29.3 Å². The van der Waals surface area contributed by atoms with Crippen LogP contribution in [-0.2, 0) is 9.53 Å². The molecule has 0 atom stereocenters. The van der Waals surface area contributed by atoms with Crippen molar-refractivity contribution in [1.29, 1.82) is 5.26 Å². The maximum absolute atomic E-state index is 11.4. The summed E-state index contributed by atoms with van der Waals surface area (Å²) < 4.78 is 15.2. The minimum atomic E-state index is -0.687. The standard InChI is InChI=1S/C14H15NO4/c1-4-19-13-10(6-5-7-12(13)17-2)8-11(9-15)14(16)18-3/h5-8H,4H2,1-3H3/b11-8-. The summed E-state index contributed by atoms with van der Waals surface area (Å²) in [5, 5.41) is 8.94. The van der Waals surface area contributed by atoms with Crippen molar-refractivity contribution in [1.82, 2.24) is 0 Å². The van der Waals surface area contributed by atoms with Gasteiger partial charge in [-0.1, -0.05) is 12.1 Å².